The largest absolute Gasteiger partial charge is 0.409 e. The number of urea groups is 1. The summed E-state index contributed by atoms with van der Waals surface area (Å²) < 4.78 is 0. The first-order chi connectivity index (χ1) is 8.63. The first kappa shape index (κ1) is 14.6. The van der Waals surface area contributed by atoms with Crippen LogP contribution in [0, 0.1) is 5.92 Å². The number of piperidine rings is 1. The van der Waals surface area contributed by atoms with E-state index in [1.165, 1.54) is 0 Å². The molecule has 1 saturated heterocycles. The fourth-order valence-electron chi connectivity index (χ4n) is 2.00. The summed E-state index contributed by atoms with van der Waals surface area (Å²) >= 11 is 0. The van der Waals surface area contributed by atoms with Gasteiger partial charge in [-0.15, -0.1) is 0 Å². The molecule has 18 heavy (non-hydrogen) atoms. The van der Waals surface area contributed by atoms with E-state index in [0.29, 0.717) is 13.0 Å². The minimum Gasteiger partial charge on any atom is -0.409 e. The van der Waals surface area contributed by atoms with Crippen LogP contribution in [0.4, 0.5) is 4.79 Å². The summed E-state index contributed by atoms with van der Waals surface area (Å²) in [7, 11) is 0. The summed E-state index contributed by atoms with van der Waals surface area (Å²) in [5, 5.41) is 14.2. The summed E-state index contributed by atoms with van der Waals surface area (Å²) in [5.74, 6) is 0.973. The third-order valence-electron chi connectivity index (χ3n) is 3.34. The Balaban J connectivity index is 2.06. The lowest BCUT2D eigenvalue weighted by molar-refractivity contribution is 0.174. The minimum atomic E-state index is 0.0331. The van der Waals surface area contributed by atoms with Crippen molar-refractivity contribution in [2.75, 3.05) is 19.6 Å². The molecule has 104 valence electrons. The van der Waals surface area contributed by atoms with Crippen LogP contribution in [0.1, 0.15) is 39.0 Å². The molecular weight excluding hydrogens is 232 g/mol. The Kier molecular flexibility index (Phi) is 6.32. The molecule has 1 heterocycles. The standard InChI is InChI=1S/C12H24N4O2/c1-10-5-8-16(9-6-10)12(17)14-7-3-2-4-11(13)15-18/h10,18H,2-9H2,1H3,(H2,13,15)(H,14,17). The predicted molar refractivity (Wildman–Crippen MR) is 70.6 cm³/mol. The van der Waals surface area contributed by atoms with Crippen molar-refractivity contribution in [2.45, 2.75) is 39.0 Å². The third kappa shape index (κ3) is 5.25. The van der Waals surface area contributed by atoms with Gasteiger partial charge in [-0.05, 0) is 31.6 Å². The molecule has 1 fully saturated rings. The Morgan fingerprint density at radius 2 is 2.11 bits per heavy atom. The van der Waals surface area contributed by atoms with Gasteiger partial charge in [0.25, 0.3) is 0 Å². The number of nitrogens with one attached hydrogen (secondary N) is 1. The number of nitrogens with two attached hydrogens (primary N) is 1. The first-order valence-corrected chi connectivity index (χ1v) is 6.62. The number of rotatable bonds is 5. The summed E-state index contributed by atoms with van der Waals surface area (Å²) in [6.45, 7) is 4.58. The number of carbonyl (C=O) groups excluding carboxylic acids is 1. The molecule has 0 spiro atoms. The molecule has 0 saturated carbocycles. The van der Waals surface area contributed by atoms with Gasteiger partial charge in [0.05, 0.1) is 0 Å². The van der Waals surface area contributed by atoms with Gasteiger partial charge in [0.2, 0.25) is 0 Å². The quantitative estimate of drug-likeness (QED) is 0.228. The molecule has 0 aromatic rings. The lowest BCUT2D eigenvalue weighted by atomic mass is 10.00. The molecule has 0 aromatic carbocycles. The predicted octanol–water partition coefficient (Wildman–Crippen LogP) is 1.34. The van der Waals surface area contributed by atoms with Gasteiger partial charge in [-0.3, -0.25) is 0 Å². The summed E-state index contributed by atoms with van der Waals surface area (Å²) in [6, 6.07) is 0.0331. The number of amides is 2. The van der Waals surface area contributed by atoms with E-state index in [0.717, 1.165) is 44.7 Å². The van der Waals surface area contributed by atoms with Gasteiger partial charge in [0.1, 0.15) is 5.84 Å². The Bertz CT molecular complexity index is 286. The second-order valence-electron chi connectivity index (χ2n) is 4.95. The van der Waals surface area contributed by atoms with Crippen molar-refractivity contribution in [3.05, 3.63) is 0 Å². The molecule has 4 N–H and O–H groups in total. The van der Waals surface area contributed by atoms with Crippen molar-refractivity contribution in [1.82, 2.24) is 10.2 Å². The van der Waals surface area contributed by atoms with Crippen LogP contribution in [0.5, 0.6) is 0 Å². The average molecular weight is 256 g/mol. The van der Waals surface area contributed by atoms with Crippen LogP contribution in [-0.2, 0) is 0 Å². The van der Waals surface area contributed by atoms with Gasteiger partial charge in [-0.1, -0.05) is 12.1 Å². The molecular formula is C12H24N4O2. The summed E-state index contributed by atoms with van der Waals surface area (Å²) in [5.41, 5.74) is 5.35. The van der Waals surface area contributed by atoms with Crippen LogP contribution in [0.3, 0.4) is 0 Å². The molecule has 0 aliphatic carbocycles. The number of nitrogens with zero attached hydrogens (tertiary/aromatic N) is 2. The molecule has 0 bridgehead atoms. The number of amidine groups is 1. The highest BCUT2D eigenvalue weighted by Crippen LogP contribution is 2.15. The van der Waals surface area contributed by atoms with Gasteiger partial charge in [-0.25, -0.2) is 4.79 Å². The monoisotopic (exact) mass is 256 g/mol. The molecule has 0 unspecified atom stereocenters. The maximum atomic E-state index is 11.8. The molecule has 1 aliphatic heterocycles. The van der Waals surface area contributed by atoms with Gasteiger partial charge in [-0.2, -0.15) is 0 Å². The second-order valence-corrected chi connectivity index (χ2v) is 4.95. The molecule has 0 atom stereocenters. The fraction of sp³-hybridized carbons (Fsp3) is 0.833. The van der Waals surface area contributed by atoms with E-state index in [2.05, 4.69) is 17.4 Å². The van der Waals surface area contributed by atoms with Crippen LogP contribution in [-0.4, -0.2) is 41.6 Å². The fourth-order valence-corrected chi connectivity index (χ4v) is 2.00. The Labute approximate surface area is 108 Å². The topological polar surface area (TPSA) is 91.0 Å². The van der Waals surface area contributed by atoms with Crippen molar-refractivity contribution in [3.8, 4) is 0 Å². The van der Waals surface area contributed by atoms with Crippen LogP contribution >= 0.6 is 0 Å². The van der Waals surface area contributed by atoms with E-state index in [1.54, 1.807) is 0 Å². The maximum Gasteiger partial charge on any atom is 0.317 e. The third-order valence-corrected chi connectivity index (χ3v) is 3.34. The number of oxime groups is 1. The van der Waals surface area contributed by atoms with Crippen molar-refractivity contribution in [1.29, 1.82) is 0 Å². The highest BCUT2D eigenvalue weighted by molar-refractivity contribution is 5.79. The summed E-state index contributed by atoms with van der Waals surface area (Å²) in [4.78, 5) is 13.7. The smallest absolute Gasteiger partial charge is 0.317 e. The average Bonchev–Trinajstić information content (AvgIpc) is 2.38. The molecule has 6 nitrogen and oxygen atoms in total. The molecule has 0 radical (unpaired) electrons. The van der Waals surface area contributed by atoms with Gasteiger partial charge >= 0.3 is 6.03 Å². The highest BCUT2D eigenvalue weighted by atomic mass is 16.4. The zero-order chi connectivity index (χ0) is 13.4. The van der Waals surface area contributed by atoms with E-state index in [1.807, 2.05) is 4.90 Å². The molecule has 1 aliphatic rings. The lowest BCUT2D eigenvalue weighted by Crippen LogP contribution is -2.44. The van der Waals surface area contributed by atoms with Crippen molar-refractivity contribution >= 4 is 11.9 Å². The normalized spacial score (nSPS) is 17.8. The minimum absolute atomic E-state index is 0.0331. The zero-order valence-corrected chi connectivity index (χ0v) is 11.1. The van der Waals surface area contributed by atoms with E-state index >= 15 is 0 Å². The van der Waals surface area contributed by atoms with E-state index in [9.17, 15) is 4.79 Å². The van der Waals surface area contributed by atoms with Gasteiger partial charge < -0.3 is 21.2 Å². The summed E-state index contributed by atoms with van der Waals surface area (Å²) in [6.07, 6.45) is 4.40. The van der Waals surface area contributed by atoms with Crippen molar-refractivity contribution in [3.63, 3.8) is 0 Å². The van der Waals surface area contributed by atoms with Crippen LogP contribution in [0.2, 0.25) is 0 Å². The van der Waals surface area contributed by atoms with Crippen molar-refractivity contribution in [2.24, 2.45) is 16.8 Å². The second kappa shape index (κ2) is 7.79. The molecule has 2 amide bonds. The first-order valence-electron chi connectivity index (χ1n) is 6.62. The maximum absolute atomic E-state index is 11.8. The Hall–Kier alpha value is -1.46. The lowest BCUT2D eigenvalue weighted by Gasteiger charge is -2.30. The zero-order valence-electron chi connectivity index (χ0n) is 11.1. The molecule has 1 rings (SSSR count). The Morgan fingerprint density at radius 3 is 2.72 bits per heavy atom. The number of unbranched alkanes of at least 4 members (excludes halogenated alkanes) is 1. The number of carbonyl (C=O) groups is 1. The van der Waals surface area contributed by atoms with E-state index < -0.39 is 0 Å². The van der Waals surface area contributed by atoms with E-state index in [-0.39, 0.29) is 11.9 Å². The molecule has 0 aromatic heterocycles. The molecule has 6 heteroatoms. The Morgan fingerprint density at radius 1 is 1.44 bits per heavy atom. The van der Waals surface area contributed by atoms with Crippen molar-refractivity contribution < 1.29 is 10.0 Å². The van der Waals surface area contributed by atoms with Gasteiger partial charge in [0, 0.05) is 26.1 Å². The van der Waals surface area contributed by atoms with Crippen LogP contribution in [0.25, 0.3) is 0 Å². The number of hydrogen-bond donors (Lipinski definition) is 3. The van der Waals surface area contributed by atoms with Gasteiger partial charge in [0.15, 0.2) is 0 Å². The number of hydrogen-bond acceptors (Lipinski definition) is 3. The van der Waals surface area contributed by atoms with E-state index in [4.69, 9.17) is 10.9 Å². The van der Waals surface area contributed by atoms with Crippen LogP contribution < -0.4 is 11.1 Å². The highest BCUT2D eigenvalue weighted by Gasteiger charge is 2.19. The van der Waals surface area contributed by atoms with Crippen LogP contribution in [0.15, 0.2) is 5.16 Å². The SMILES string of the molecule is CC1CCN(C(=O)NCCCCC(N)=NO)CC1. The number of likely N-dealkylation sites (tertiary alicyclic amines) is 1.